The Kier molecular flexibility index (Phi) is 3.97. The fraction of sp³-hybridized carbons (Fsp3) is 0.154. The minimum Gasteiger partial charge on any atom is -0.495 e. The van der Waals surface area contributed by atoms with Gasteiger partial charge in [0.15, 0.2) is 6.29 Å². The Morgan fingerprint density at radius 1 is 1.37 bits per heavy atom. The molecule has 2 aromatic rings. The van der Waals surface area contributed by atoms with Crippen LogP contribution in [0.25, 0.3) is 0 Å². The number of carbonyl (C=O) groups excluding carboxylic acids is 1. The van der Waals surface area contributed by atoms with Crippen LogP contribution in [0.2, 0.25) is 5.15 Å². The van der Waals surface area contributed by atoms with Gasteiger partial charge in [0.05, 0.1) is 18.4 Å². The maximum absolute atomic E-state index is 11.0. The SMILES string of the molecule is COc1ccc(C)cc1Nc1ncnc(Cl)c1C=O. The molecule has 98 valence electrons. The van der Waals surface area contributed by atoms with Crippen LogP contribution in [0, 0.1) is 6.92 Å². The molecule has 1 N–H and O–H groups in total. The van der Waals surface area contributed by atoms with Gasteiger partial charge in [-0.25, -0.2) is 9.97 Å². The van der Waals surface area contributed by atoms with Crippen molar-refractivity contribution in [2.45, 2.75) is 6.92 Å². The second-order valence-electron chi connectivity index (χ2n) is 3.87. The molecule has 0 aliphatic heterocycles. The van der Waals surface area contributed by atoms with E-state index >= 15 is 0 Å². The van der Waals surface area contributed by atoms with Crippen LogP contribution in [0.1, 0.15) is 15.9 Å². The number of hydrogen-bond acceptors (Lipinski definition) is 5. The van der Waals surface area contributed by atoms with Gasteiger partial charge in [-0.2, -0.15) is 0 Å². The zero-order valence-electron chi connectivity index (χ0n) is 10.5. The first kappa shape index (κ1) is 13.3. The van der Waals surface area contributed by atoms with Gasteiger partial charge in [-0.3, -0.25) is 4.79 Å². The number of methoxy groups -OCH3 is 1. The highest BCUT2D eigenvalue weighted by Crippen LogP contribution is 2.29. The molecule has 0 spiro atoms. The van der Waals surface area contributed by atoms with Crippen molar-refractivity contribution in [3.8, 4) is 5.75 Å². The van der Waals surface area contributed by atoms with Gasteiger partial charge >= 0.3 is 0 Å². The number of ether oxygens (including phenoxy) is 1. The minimum absolute atomic E-state index is 0.110. The first-order valence-electron chi connectivity index (χ1n) is 5.53. The topological polar surface area (TPSA) is 64.1 Å². The fourth-order valence-corrected chi connectivity index (χ4v) is 1.80. The summed E-state index contributed by atoms with van der Waals surface area (Å²) in [7, 11) is 1.57. The lowest BCUT2D eigenvalue weighted by Crippen LogP contribution is -2.02. The van der Waals surface area contributed by atoms with E-state index in [4.69, 9.17) is 16.3 Å². The molecule has 1 heterocycles. The summed E-state index contributed by atoms with van der Waals surface area (Å²) in [5, 5.41) is 3.14. The minimum atomic E-state index is 0.110. The maximum atomic E-state index is 11.0. The summed E-state index contributed by atoms with van der Waals surface area (Å²) in [5.41, 5.74) is 1.98. The van der Waals surface area contributed by atoms with E-state index in [0.717, 1.165) is 5.56 Å². The summed E-state index contributed by atoms with van der Waals surface area (Å²) in [5.74, 6) is 0.996. The van der Waals surface area contributed by atoms with Gasteiger partial charge in [0, 0.05) is 0 Å². The van der Waals surface area contributed by atoms with Gasteiger partial charge in [0.25, 0.3) is 0 Å². The molecule has 0 fully saturated rings. The summed E-state index contributed by atoms with van der Waals surface area (Å²) >= 11 is 5.85. The van der Waals surface area contributed by atoms with Crippen LogP contribution in [0.3, 0.4) is 0 Å². The van der Waals surface area contributed by atoms with Crippen molar-refractivity contribution >= 4 is 29.4 Å². The zero-order valence-corrected chi connectivity index (χ0v) is 11.2. The molecule has 0 unspecified atom stereocenters. The summed E-state index contributed by atoms with van der Waals surface area (Å²) in [6, 6.07) is 5.65. The number of rotatable bonds is 4. The Bertz CT molecular complexity index is 617. The number of halogens is 1. The van der Waals surface area contributed by atoms with Crippen LogP contribution >= 0.6 is 11.6 Å². The number of benzene rings is 1. The normalized spacial score (nSPS) is 10.1. The Balaban J connectivity index is 2.44. The van der Waals surface area contributed by atoms with Crippen LogP contribution in [-0.2, 0) is 0 Å². The maximum Gasteiger partial charge on any atom is 0.156 e. The van der Waals surface area contributed by atoms with Gasteiger partial charge in [-0.05, 0) is 24.6 Å². The van der Waals surface area contributed by atoms with Crippen molar-refractivity contribution in [3.63, 3.8) is 0 Å². The van der Waals surface area contributed by atoms with Gasteiger partial charge in [0.2, 0.25) is 0 Å². The third kappa shape index (κ3) is 2.82. The molecule has 19 heavy (non-hydrogen) atoms. The Hall–Kier alpha value is -2.14. The number of aldehydes is 1. The molecular weight excluding hydrogens is 266 g/mol. The number of carbonyl (C=O) groups is 1. The molecule has 0 amide bonds. The molecule has 6 heteroatoms. The summed E-state index contributed by atoms with van der Waals surface area (Å²) < 4.78 is 5.25. The molecule has 0 atom stereocenters. The van der Waals surface area contributed by atoms with E-state index in [1.807, 2.05) is 25.1 Å². The first-order valence-corrected chi connectivity index (χ1v) is 5.91. The number of aromatic nitrogens is 2. The third-order valence-corrected chi connectivity index (χ3v) is 2.86. The van der Waals surface area contributed by atoms with Gasteiger partial charge in [-0.15, -0.1) is 0 Å². The molecule has 0 saturated carbocycles. The predicted octanol–water partition coefficient (Wildman–Crippen LogP) is 3.00. The summed E-state index contributed by atoms with van der Waals surface area (Å²) in [6.45, 7) is 1.96. The largest absolute Gasteiger partial charge is 0.495 e. The van der Waals surface area contributed by atoms with Crippen molar-refractivity contribution in [1.29, 1.82) is 0 Å². The number of anilines is 2. The molecule has 0 saturated heterocycles. The van der Waals surface area contributed by atoms with Crippen molar-refractivity contribution < 1.29 is 9.53 Å². The van der Waals surface area contributed by atoms with E-state index in [-0.39, 0.29) is 10.7 Å². The molecule has 0 radical (unpaired) electrons. The van der Waals surface area contributed by atoms with Crippen LogP contribution < -0.4 is 10.1 Å². The second kappa shape index (κ2) is 5.67. The standard InChI is InChI=1S/C13H12ClN3O2/c1-8-3-4-11(19-2)10(5-8)17-13-9(6-18)12(14)15-7-16-13/h3-7H,1-2H3,(H,15,16,17). The highest BCUT2D eigenvalue weighted by molar-refractivity contribution is 6.32. The van der Waals surface area contributed by atoms with Crippen LogP contribution in [0.4, 0.5) is 11.5 Å². The van der Waals surface area contributed by atoms with Crippen LogP contribution in [0.5, 0.6) is 5.75 Å². The molecular formula is C13H12ClN3O2. The molecule has 0 bridgehead atoms. The number of nitrogens with one attached hydrogen (secondary N) is 1. The summed E-state index contributed by atoms with van der Waals surface area (Å²) in [6.07, 6.45) is 1.91. The molecule has 5 nitrogen and oxygen atoms in total. The second-order valence-corrected chi connectivity index (χ2v) is 4.23. The highest BCUT2D eigenvalue weighted by Gasteiger charge is 2.11. The third-order valence-electron chi connectivity index (χ3n) is 2.56. The lowest BCUT2D eigenvalue weighted by Gasteiger charge is -2.12. The monoisotopic (exact) mass is 277 g/mol. The molecule has 1 aromatic carbocycles. The smallest absolute Gasteiger partial charge is 0.156 e. The van der Waals surface area contributed by atoms with E-state index in [1.54, 1.807) is 7.11 Å². The number of aryl methyl sites for hydroxylation is 1. The Labute approximate surface area is 115 Å². The van der Waals surface area contributed by atoms with E-state index in [9.17, 15) is 4.79 Å². The predicted molar refractivity (Wildman–Crippen MR) is 73.4 cm³/mol. The lowest BCUT2D eigenvalue weighted by atomic mass is 10.2. The highest BCUT2D eigenvalue weighted by atomic mass is 35.5. The van der Waals surface area contributed by atoms with Gasteiger partial charge in [0.1, 0.15) is 23.0 Å². The van der Waals surface area contributed by atoms with Crippen molar-refractivity contribution in [3.05, 3.63) is 40.8 Å². The average molecular weight is 278 g/mol. The van der Waals surface area contributed by atoms with Crippen molar-refractivity contribution in [1.82, 2.24) is 9.97 Å². The van der Waals surface area contributed by atoms with Crippen molar-refractivity contribution in [2.75, 3.05) is 12.4 Å². The number of hydrogen-bond donors (Lipinski definition) is 1. The van der Waals surface area contributed by atoms with E-state index < -0.39 is 0 Å². The number of nitrogens with zero attached hydrogens (tertiary/aromatic N) is 2. The van der Waals surface area contributed by atoms with Crippen molar-refractivity contribution in [2.24, 2.45) is 0 Å². The van der Waals surface area contributed by atoms with Crippen LogP contribution in [0.15, 0.2) is 24.5 Å². The quantitative estimate of drug-likeness (QED) is 0.687. The summed E-state index contributed by atoms with van der Waals surface area (Å²) in [4.78, 5) is 18.8. The Morgan fingerprint density at radius 2 is 2.16 bits per heavy atom. The molecule has 2 rings (SSSR count). The molecule has 0 aliphatic carbocycles. The van der Waals surface area contributed by atoms with Crippen LogP contribution in [-0.4, -0.2) is 23.4 Å². The zero-order chi connectivity index (χ0) is 13.8. The lowest BCUT2D eigenvalue weighted by molar-refractivity contribution is 0.112. The fourth-order valence-electron chi connectivity index (χ4n) is 1.63. The van der Waals surface area contributed by atoms with Gasteiger partial charge < -0.3 is 10.1 Å². The average Bonchev–Trinajstić information content (AvgIpc) is 2.39. The molecule has 0 aliphatic rings. The van der Waals surface area contributed by atoms with E-state index in [0.29, 0.717) is 23.5 Å². The van der Waals surface area contributed by atoms with E-state index in [2.05, 4.69) is 15.3 Å². The first-order chi connectivity index (χ1) is 9.15. The van der Waals surface area contributed by atoms with E-state index in [1.165, 1.54) is 6.33 Å². The Morgan fingerprint density at radius 3 is 2.84 bits per heavy atom. The van der Waals surface area contributed by atoms with Gasteiger partial charge in [-0.1, -0.05) is 17.7 Å². The molecule has 1 aromatic heterocycles.